The molecule has 0 radical (unpaired) electrons. The van der Waals surface area contributed by atoms with Gasteiger partial charge in [0.05, 0.1) is 19.1 Å². The number of benzene rings is 2. The number of carbonyl (C=O) groups is 1. The fraction of sp³-hybridized carbons (Fsp3) is 0.280. The molecule has 0 aliphatic rings. The zero-order valence-corrected chi connectivity index (χ0v) is 19.5. The van der Waals surface area contributed by atoms with Gasteiger partial charge in [0.25, 0.3) is 0 Å². The monoisotopic (exact) mass is 435 g/mol. The second kappa shape index (κ2) is 10.4. The number of hydrazone groups is 1. The molecule has 0 spiro atoms. The number of hydrogen-bond donors (Lipinski definition) is 1. The van der Waals surface area contributed by atoms with E-state index in [4.69, 9.17) is 4.74 Å². The summed E-state index contributed by atoms with van der Waals surface area (Å²) in [5.41, 5.74) is 10.6. The van der Waals surface area contributed by atoms with Crippen molar-refractivity contribution >= 4 is 23.9 Å². The van der Waals surface area contributed by atoms with Crippen molar-refractivity contribution in [1.29, 1.82) is 0 Å². The summed E-state index contributed by atoms with van der Waals surface area (Å²) in [6.45, 7) is 8.37. The van der Waals surface area contributed by atoms with Gasteiger partial charge in [0, 0.05) is 28.4 Å². The lowest BCUT2D eigenvalue weighted by molar-refractivity contribution is -0.118. The van der Waals surface area contributed by atoms with E-state index in [-0.39, 0.29) is 5.91 Å². The molecule has 6 heteroatoms. The van der Waals surface area contributed by atoms with Gasteiger partial charge in [-0.25, -0.2) is 5.43 Å². The summed E-state index contributed by atoms with van der Waals surface area (Å²) < 4.78 is 7.38. The van der Waals surface area contributed by atoms with E-state index < -0.39 is 0 Å². The van der Waals surface area contributed by atoms with E-state index in [1.807, 2.05) is 24.3 Å². The Morgan fingerprint density at radius 1 is 1.10 bits per heavy atom. The first-order valence-electron chi connectivity index (χ1n) is 10.2. The zero-order valence-electron chi connectivity index (χ0n) is 18.7. The summed E-state index contributed by atoms with van der Waals surface area (Å²) >= 11 is 1.55. The van der Waals surface area contributed by atoms with Crippen LogP contribution in [-0.2, 0) is 10.5 Å². The van der Waals surface area contributed by atoms with Crippen LogP contribution in [0.1, 0.15) is 33.6 Å². The molecule has 31 heavy (non-hydrogen) atoms. The van der Waals surface area contributed by atoms with Crippen LogP contribution < -0.4 is 10.2 Å². The molecule has 1 heterocycles. The maximum Gasteiger partial charge on any atom is 0.250 e. The molecule has 0 aliphatic heterocycles. The van der Waals surface area contributed by atoms with Crippen LogP contribution in [0.5, 0.6) is 5.75 Å². The topological polar surface area (TPSA) is 55.6 Å². The second-order valence-electron chi connectivity index (χ2n) is 7.59. The summed E-state index contributed by atoms with van der Waals surface area (Å²) in [5, 5.41) is 4.17. The quantitative estimate of drug-likeness (QED) is 0.395. The van der Waals surface area contributed by atoms with Crippen LogP contribution in [0, 0.1) is 27.7 Å². The lowest BCUT2D eigenvalue weighted by atomic mass is 10.1. The number of carbonyl (C=O) groups excluding carboxylic acids is 1. The summed E-state index contributed by atoms with van der Waals surface area (Å²) in [6.07, 6.45) is 1.72. The first-order chi connectivity index (χ1) is 14.9. The molecule has 0 atom stereocenters. The Balaban J connectivity index is 1.56. The standard InChI is InChI=1S/C25H29N3O2S/c1-17-6-11-24(18(2)12-17)28-19(3)13-22(20(28)4)14-26-27-25(29)16-31-15-21-7-9-23(30-5)10-8-21/h6-14H,15-16H2,1-5H3,(H,27,29)/b26-14+. The van der Waals surface area contributed by atoms with E-state index >= 15 is 0 Å². The van der Waals surface area contributed by atoms with Gasteiger partial charge in [-0.1, -0.05) is 29.8 Å². The maximum atomic E-state index is 12.1. The number of amides is 1. The SMILES string of the molecule is COc1ccc(CSCC(=O)N/N=C/c2cc(C)n(-c3ccc(C)cc3C)c2C)cc1. The molecule has 0 aliphatic carbocycles. The number of ether oxygens (including phenoxy) is 1. The Morgan fingerprint density at radius 2 is 1.84 bits per heavy atom. The highest BCUT2D eigenvalue weighted by Gasteiger charge is 2.11. The van der Waals surface area contributed by atoms with Gasteiger partial charge in [0.15, 0.2) is 0 Å². The Kier molecular flexibility index (Phi) is 7.58. The van der Waals surface area contributed by atoms with Crippen molar-refractivity contribution in [3.05, 3.63) is 82.2 Å². The van der Waals surface area contributed by atoms with Gasteiger partial charge in [-0.05, 0) is 63.1 Å². The maximum absolute atomic E-state index is 12.1. The lowest BCUT2D eigenvalue weighted by Crippen LogP contribution is -2.19. The van der Waals surface area contributed by atoms with Gasteiger partial charge in [-0.2, -0.15) is 5.10 Å². The van der Waals surface area contributed by atoms with Gasteiger partial charge in [0.2, 0.25) is 5.91 Å². The number of nitrogens with one attached hydrogen (secondary N) is 1. The third-order valence-corrected chi connectivity index (χ3v) is 6.12. The largest absolute Gasteiger partial charge is 0.497 e. The van der Waals surface area contributed by atoms with Crippen LogP contribution in [0.25, 0.3) is 5.69 Å². The van der Waals surface area contributed by atoms with E-state index in [0.29, 0.717) is 5.75 Å². The van der Waals surface area contributed by atoms with Crippen LogP contribution in [0.4, 0.5) is 0 Å². The molecule has 1 aromatic heterocycles. The number of aryl methyl sites for hydroxylation is 3. The molecule has 2 aromatic carbocycles. The third kappa shape index (κ3) is 5.79. The molecule has 0 unspecified atom stereocenters. The highest BCUT2D eigenvalue weighted by Crippen LogP contribution is 2.23. The summed E-state index contributed by atoms with van der Waals surface area (Å²) in [4.78, 5) is 12.1. The van der Waals surface area contributed by atoms with E-state index in [1.165, 1.54) is 16.8 Å². The van der Waals surface area contributed by atoms with Gasteiger partial charge in [-0.15, -0.1) is 11.8 Å². The average Bonchev–Trinajstić information content (AvgIpc) is 3.02. The van der Waals surface area contributed by atoms with Gasteiger partial charge in [-0.3, -0.25) is 4.79 Å². The van der Waals surface area contributed by atoms with Crippen LogP contribution in [0.15, 0.2) is 53.6 Å². The predicted octanol–water partition coefficient (Wildman–Crippen LogP) is 5.10. The average molecular weight is 436 g/mol. The molecule has 0 fully saturated rings. The van der Waals surface area contributed by atoms with Crippen LogP contribution in [0.3, 0.4) is 0 Å². The molecule has 1 amide bonds. The third-order valence-electron chi connectivity index (χ3n) is 5.12. The van der Waals surface area contributed by atoms with Gasteiger partial charge >= 0.3 is 0 Å². The number of rotatable bonds is 8. The fourth-order valence-electron chi connectivity index (χ4n) is 3.53. The Hall–Kier alpha value is -2.99. The van der Waals surface area contributed by atoms with Crippen molar-refractivity contribution in [1.82, 2.24) is 9.99 Å². The molecule has 0 saturated carbocycles. The van der Waals surface area contributed by atoms with Crippen LogP contribution in [0.2, 0.25) is 0 Å². The first-order valence-corrected chi connectivity index (χ1v) is 11.3. The minimum Gasteiger partial charge on any atom is -0.497 e. The Labute approximate surface area is 188 Å². The number of aromatic nitrogens is 1. The summed E-state index contributed by atoms with van der Waals surface area (Å²) in [5.74, 6) is 1.83. The molecule has 0 saturated heterocycles. The summed E-state index contributed by atoms with van der Waals surface area (Å²) in [6, 6.07) is 16.4. The van der Waals surface area contributed by atoms with E-state index in [0.717, 1.165) is 34.0 Å². The zero-order chi connectivity index (χ0) is 22.4. The van der Waals surface area contributed by atoms with Crippen LogP contribution >= 0.6 is 11.8 Å². The smallest absolute Gasteiger partial charge is 0.250 e. The van der Waals surface area contributed by atoms with Crippen molar-refractivity contribution < 1.29 is 9.53 Å². The minimum atomic E-state index is -0.113. The molecule has 0 bridgehead atoms. The predicted molar refractivity (Wildman–Crippen MR) is 130 cm³/mol. The van der Waals surface area contributed by atoms with E-state index in [1.54, 1.807) is 25.1 Å². The van der Waals surface area contributed by atoms with Crippen molar-refractivity contribution in [2.75, 3.05) is 12.9 Å². The lowest BCUT2D eigenvalue weighted by Gasteiger charge is -2.13. The van der Waals surface area contributed by atoms with Crippen molar-refractivity contribution in [2.45, 2.75) is 33.4 Å². The minimum absolute atomic E-state index is 0.113. The van der Waals surface area contributed by atoms with E-state index in [2.05, 4.69) is 67.1 Å². The molecule has 5 nitrogen and oxygen atoms in total. The molecule has 1 N–H and O–H groups in total. The molecular formula is C25H29N3O2S. The van der Waals surface area contributed by atoms with E-state index in [9.17, 15) is 4.79 Å². The Bertz CT molecular complexity index is 1080. The second-order valence-corrected chi connectivity index (χ2v) is 8.57. The highest BCUT2D eigenvalue weighted by molar-refractivity contribution is 7.99. The molecular weight excluding hydrogens is 406 g/mol. The van der Waals surface area contributed by atoms with Crippen molar-refractivity contribution in [3.8, 4) is 11.4 Å². The number of thioether (sulfide) groups is 1. The number of hydrogen-bond acceptors (Lipinski definition) is 4. The van der Waals surface area contributed by atoms with Crippen molar-refractivity contribution in [2.24, 2.45) is 5.10 Å². The Morgan fingerprint density at radius 3 is 2.52 bits per heavy atom. The van der Waals surface area contributed by atoms with Crippen LogP contribution in [-0.4, -0.2) is 29.6 Å². The number of methoxy groups -OCH3 is 1. The first kappa shape index (κ1) is 22.7. The van der Waals surface area contributed by atoms with Gasteiger partial charge < -0.3 is 9.30 Å². The normalized spacial score (nSPS) is 11.1. The number of nitrogens with zero attached hydrogens (tertiary/aromatic N) is 2. The molecule has 3 rings (SSSR count). The highest BCUT2D eigenvalue weighted by atomic mass is 32.2. The molecule has 3 aromatic rings. The van der Waals surface area contributed by atoms with Crippen molar-refractivity contribution in [3.63, 3.8) is 0 Å². The fourth-order valence-corrected chi connectivity index (χ4v) is 4.31. The molecule has 162 valence electrons. The van der Waals surface area contributed by atoms with Gasteiger partial charge in [0.1, 0.15) is 5.75 Å². The summed E-state index contributed by atoms with van der Waals surface area (Å²) in [7, 11) is 1.65.